The first kappa shape index (κ1) is 21.9. The molecule has 2 aromatic carbocycles. The zero-order valence-electron chi connectivity index (χ0n) is 17.2. The van der Waals surface area contributed by atoms with Crippen LogP contribution in [-0.4, -0.2) is 37.7 Å². The maximum Gasteiger partial charge on any atom is 0.255 e. The third-order valence-corrected chi connectivity index (χ3v) is 4.76. The van der Waals surface area contributed by atoms with E-state index in [1.807, 2.05) is 13.8 Å². The van der Waals surface area contributed by atoms with Crippen molar-refractivity contribution in [3.8, 4) is 11.5 Å². The van der Waals surface area contributed by atoms with Gasteiger partial charge in [-0.2, -0.15) is 0 Å². The number of amides is 2. The lowest BCUT2D eigenvalue weighted by Gasteiger charge is -2.16. The summed E-state index contributed by atoms with van der Waals surface area (Å²) in [7, 11) is 1.49. The number of methoxy groups -OCH3 is 1. The summed E-state index contributed by atoms with van der Waals surface area (Å²) in [5.74, 6) is 0.280. The Morgan fingerprint density at radius 2 is 1.80 bits per heavy atom. The Kier molecular flexibility index (Phi) is 7.18. The zero-order valence-corrected chi connectivity index (χ0v) is 17.9. The number of carbonyl (C=O) groups is 2. The molecule has 0 aliphatic carbocycles. The molecule has 1 saturated heterocycles. The molecule has 3 rings (SSSR count). The van der Waals surface area contributed by atoms with Gasteiger partial charge in [0.25, 0.3) is 11.8 Å². The summed E-state index contributed by atoms with van der Waals surface area (Å²) >= 11 is 6.29. The molecule has 1 heterocycles. The SMILES string of the molecule is COc1cc(C(=O)Nc2ccc(NC(=O)C3CCCO3)cc2)cc(Cl)c1OC(C)C. The van der Waals surface area contributed by atoms with E-state index in [4.69, 9.17) is 25.8 Å². The van der Waals surface area contributed by atoms with Crippen molar-refractivity contribution in [2.24, 2.45) is 0 Å². The fraction of sp³-hybridized carbons (Fsp3) is 0.364. The van der Waals surface area contributed by atoms with E-state index in [1.165, 1.54) is 13.2 Å². The van der Waals surface area contributed by atoms with Crippen molar-refractivity contribution >= 4 is 34.8 Å². The number of nitrogens with one attached hydrogen (secondary N) is 2. The van der Waals surface area contributed by atoms with E-state index in [1.54, 1.807) is 30.3 Å². The summed E-state index contributed by atoms with van der Waals surface area (Å²) in [6.07, 6.45) is 1.14. The van der Waals surface area contributed by atoms with Gasteiger partial charge in [0.2, 0.25) is 0 Å². The highest BCUT2D eigenvalue weighted by atomic mass is 35.5. The van der Waals surface area contributed by atoms with Crippen molar-refractivity contribution in [2.75, 3.05) is 24.4 Å². The second kappa shape index (κ2) is 9.82. The highest BCUT2D eigenvalue weighted by Crippen LogP contribution is 2.37. The molecule has 160 valence electrons. The van der Waals surface area contributed by atoms with Crippen LogP contribution in [-0.2, 0) is 9.53 Å². The van der Waals surface area contributed by atoms with Gasteiger partial charge in [-0.25, -0.2) is 0 Å². The molecule has 0 radical (unpaired) electrons. The molecule has 8 heteroatoms. The van der Waals surface area contributed by atoms with Crippen LogP contribution in [0.5, 0.6) is 11.5 Å². The summed E-state index contributed by atoms with van der Waals surface area (Å²) in [5.41, 5.74) is 1.55. The molecule has 1 aliphatic heterocycles. The smallest absolute Gasteiger partial charge is 0.255 e. The van der Waals surface area contributed by atoms with Crippen LogP contribution in [0.2, 0.25) is 5.02 Å². The zero-order chi connectivity index (χ0) is 21.7. The molecule has 1 unspecified atom stereocenters. The van der Waals surface area contributed by atoms with Crippen molar-refractivity contribution in [3.05, 3.63) is 47.0 Å². The number of hydrogen-bond donors (Lipinski definition) is 2. The highest BCUT2D eigenvalue weighted by molar-refractivity contribution is 6.32. The molecular formula is C22H25ClN2O5. The molecule has 0 saturated carbocycles. The second-order valence-corrected chi connectivity index (χ2v) is 7.59. The standard InChI is InChI=1S/C22H25ClN2O5/c1-13(2)30-20-17(23)11-14(12-19(20)28-3)21(26)24-15-6-8-16(9-7-15)25-22(27)18-5-4-10-29-18/h6-9,11-13,18H,4-5,10H2,1-3H3,(H,24,26)(H,25,27). The fourth-order valence-electron chi connectivity index (χ4n) is 3.05. The van der Waals surface area contributed by atoms with Crippen molar-refractivity contribution in [3.63, 3.8) is 0 Å². The number of benzene rings is 2. The largest absolute Gasteiger partial charge is 0.493 e. The lowest BCUT2D eigenvalue weighted by molar-refractivity contribution is -0.124. The molecule has 0 spiro atoms. The van der Waals surface area contributed by atoms with E-state index in [0.717, 1.165) is 12.8 Å². The molecule has 2 aromatic rings. The molecule has 2 N–H and O–H groups in total. The average Bonchev–Trinajstić information content (AvgIpc) is 3.25. The van der Waals surface area contributed by atoms with Gasteiger partial charge in [-0.15, -0.1) is 0 Å². The van der Waals surface area contributed by atoms with Gasteiger partial charge in [-0.1, -0.05) is 11.6 Å². The average molecular weight is 433 g/mol. The van der Waals surface area contributed by atoms with Gasteiger partial charge in [-0.05, 0) is 63.1 Å². The molecule has 7 nitrogen and oxygen atoms in total. The molecule has 30 heavy (non-hydrogen) atoms. The van der Waals surface area contributed by atoms with Crippen LogP contribution < -0.4 is 20.1 Å². The summed E-state index contributed by atoms with van der Waals surface area (Å²) in [6, 6.07) is 9.96. The number of ether oxygens (including phenoxy) is 3. The first-order valence-electron chi connectivity index (χ1n) is 9.75. The summed E-state index contributed by atoms with van der Waals surface area (Å²) in [6.45, 7) is 4.37. The molecule has 0 aromatic heterocycles. The highest BCUT2D eigenvalue weighted by Gasteiger charge is 2.23. The normalized spacial score (nSPS) is 15.7. The third-order valence-electron chi connectivity index (χ3n) is 4.48. The second-order valence-electron chi connectivity index (χ2n) is 7.18. The van der Waals surface area contributed by atoms with Gasteiger partial charge in [0.05, 0.1) is 18.2 Å². The number of halogens is 1. The summed E-state index contributed by atoms with van der Waals surface area (Å²) in [5, 5.41) is 5.91. The van der Waals surface area contributed by atoms with Crippen LogP contribution >= 0.6 is 11.6 Å². The van der Waals surface area contributed by atoms with Crippen molar-refractivity contribution < 1.29 is 23.8 Å². The Balaban J connectivity index is 1.66. The minimum absolute atomic E-state index is 0.0877. The molecule has 1 aliphatic rings. The summed E-state index contributed by atoms with van der Waals surface area (Å²) < 4.78 is 16.4. The van der Waals surface area contributed by atoms with Gasteiger partial charge < -0.3 is 24.8 Å². The molecule has 0 bridgehead atoms. The van der Waals surface area contributed by atoms with Gasteiger partial charge >= 0.3 is 0 Å². The van der Waals surface area contributed by atoms with Crippen LogP contribution in [0.1, 0.15) is 37.0 Å². The summed E-state index contributed by atoms with van der Waals surface area (Å²) in [4.78, 5) is 24.8. The Bertz CT molecular complexity index is 908. The molecule has 1 fully saturated rings. The predicted molar refractivity (Wildman–Crippen MR) is 116 cm³/mol. The molecular weight excluding hydrogens is 408 g/mol. The van der Waals surface area contributed by atoms with Crippen LogP contribution in [0.15, 0.2) is 36.4 Å². The van der Waals surface area contributed by atoms with Crippen LogP contribution in [0.3, 0.4) is 0 Å². The number of hydrogen-bond acceptors (Lipinski definition) is 5. The monoisotopic (exact) mass is 432 g/mol. The maximum atomic E-state index is 12.7. The quantitative estimate of drug-likeness (QED) is 0.672. The number of rotatable bonds is 7. The lowest BCUT2D eigenvalue weighted by Crippen LogP contribution is -2.26. The van der Waals surface area contributed by atoms with Crippen LogP contribution in [0.4, 0.5) is 11.4 Å². The minimum Gasteiger partial charge on any atom is -0.493 e. The Morgan fingerprint density at radius 3 is 2.37 bits per heavy atom. The number of anilines is 2. The van der Waals surface area contributed by atoms with Crippen molar-refractivity contribution in [1.82, 2.24) is 0 Å². The van der Waals surface area contributed by atoms with Crippen molar-refractivity contribution in [2.45, 2.75) is 38.9 Å². The molecule has 2 amide bonds. The van der Waals surface area contributed by atoms with Gasteiger partial charge in [0.1, 0.15) is 6.10 Å². The minimum atomic E-state index is -0.397. The fourth-order valence-corrected chi connectivity index (χ4v) is 3.30. The van der Waals surface area contributed by atoms with E-state index in [2.05, 4.69) is 10.6 Å². The Hall–Kier alpha value is -2.77. The maximum absolute atomic E-state index is 12.7. The Labute approximate surface area is 180 Å². The number of carbonyl (C=O) groups excluding carboxylic acids is 2. The first-order valence-corrected chi connectivity index (χ1v) is 10.1. The third kappa shape index (κ3) is 5.43. The van der Waals surface area contributed by atoms with Crippen LogP contribution in [0, 0.1) is 0 Å². The van der Waals surface area contributed by atoms with E-state index < -0.39 is 6.10 Å². The lowest BCUT2D eigenvalue weighted by atomic mass is 10.1. The topological polar surface area (TPSA) is 85.9 Å². The first-order chi connectivity index (χ1) is 14.4. The van der Waals surface area contributed by atoms with E-state index >= 15 is 0 Å². The van der Waals surface area contributed by atoms with Gasteiger partial charge in [0.15, 0.2) is 11.5 Å². The Morgan fingerprint density at radius 1 is 1.13 bits per heavy atom. The van der Waals surface area contributed by atoms with E-state index in [0.29, 0.717) is 40.1 Å². The van der Waals surface area contributed by atoms with Crippen molar-refractivity contribution in [1.29, 1.82) is 0 Å². The van der Waals surface area contributed by atoms with E-state index in [-0.39, 0.29) is 17.9 Å². The van der Waals surface area contributed by atoms with Gasteiger partial charge in [0, 0.05) is 23.5 Å². The van der Waals surface area contributed by atoms with E-state index in [9.17, 15) is 9.59 Å². The van der Waals surface area contributed by atoms with Gasteiger partial charge in [-0.3, -0.25) is 9.59 Å². The predicted octanol–water partition coefficient (Wildman–Crippen LogP) is 4.51. The van der Waals surface area contributed by atoms with Crippen LogP contribution in [0.25, 0.3) is 0 Å². The molecule has 1 atom stereocenters.